The van der Waals surface area contributed by atoms with Gasteiger partial charge in [-0.15, -0.1) is 0 Å². The van der Waals surface area contributed by atoms with E-state index in [-0.39, 0.29) is 0 Å². The summed E-state index contributed by atoms with van der Waals surface area (Å²) >= 11 is 0. The van der Waals surface area contributed by atoms with Crippen molar-refractivity contribution in [1.82, 2.24) is 0 Å². The van der Waals surface area contributed by atoms with Crippen LogP contribution in [0, 0.1) is 5.92 Å². The Morgan fingerprint density at radius 3 is 2.00 bits per heavy atom. The summed E-state index contributed by atoms with van der Waals surface area (Å²) in [5, 5.41) is 0. The second-order valence-electron chi connectivity index (χ2n) is 3.61. The zero-order chi connectivity index (χ0) is 7.99. The molecule has 0 aromatic carbocycles. The number of sulfone groups is 1. The molecule has 1 heterocycles. The highest BCUT2D eigenvalue weighted by atomic mass is 32.2. The van der Waals surface area contributed by atoms with Gasteiger partial charge in [0.05, 0.1) is 10.5 Å². The maximum atomic E-state index is 11.3. The predicted octanol–water partition coefficient (Wildman–Crippen LogP) is 1.22. The second-order valence-corrected chi connectivity index (χ2v) is 6.30. The molecule has 1 aliphatic heterocycles. The van der Waals surface area contributed by atoms with Gasteiger partial charge in [-0.25, -0.2) is 8.42 Å². The minimum atomic E-state index is -2.77. The normalized spacial score (nSPS) is 36.1. The molecule has 0 aromatic heterocycles. The maximum absolute atomic E-state index is 11.3. The Labute approximate surface area is 62.5 Å². The van der Waals surface area contributed by atoms with Crippen molar-refractivity contribution >= 4 is 9.84 Å². The van der Waals surface area contributed by atoms with Crippen LogP contribution >= 0.6 is 0 Å². The van der Waals surface area contributed by atoms with Crippen LogP contribution in [0.1, 0.15) is 27.2 Å². The number of hydrogen-bond acceptors (Lipinski definition) is 2. The van der Waals surface area contributed by atoms with Crippen LogP contribution in [0.15, 0.2) is 0 Å². The molecule has 1 saturated heterocycles. The van der Waals surface area contributed by atoms with Gasteiger partial charge in [0.2, 0.25) is 0 Å². The Bertz CT molecular complexity index is 226. The van der Waals surface area contributed by atoms with Crippen LogP contribution < -0.4 is 0 Å². The summed E-state index contributed by atoms with van der Waals surface area (Å²) in [6.45, 7) is 5.64. The summed E-state index contributed by atoms with van der Waals surface area (Å²) in [6, 6.07) is 0. The van der Waals surface area contributed by atoms with E-state index in [1.807, 2.05) is 20.8 Å². The lowest BCUT2D eigenvalue weighted by molar-refractivity contribution is 0.456. The van der Waals surface area contributed by atoms with Crippen molar-refractivity contribution in [2.75, 3.05) is 5.75 Å². The Morgan fingerprint density at radius 2 is 1.90 bits per heavy atom. The molecule has 0 spiro atoms. The third-order valence-electron chi connectivity index (χ3n) is 2.81. The van der Waals surface area contributed by atoms with Crippen molar-refractivity contribution < 1.29 is 8.42 Å². The van der Waals surface area contributed by atoms with Gasteiger partial charge >= 0.3 is 0 Å². The van der Waals surface area contributed by atoms with Crippen molar-refractivity contribution in [3.63, 3.8) is 0 Å². The summed E-state index contributed by atoms with van der Waals surface area (Å²) in [5.74, 6) is 0.693. The Morgan fingerprint density at radius 1 is 1.40 bits per heavy atom. The van der Waals surface area contributed by atoms with E-state index in [2.05, 4.69) is 0 Å². The lowest BCUT2D eigenvalue weighted by atomic mass is 9.95. The third-order valence-corrected chi connectivity index (χ3v) is 5.59. The molecule has 0 amide bonds. The minimum Gasteiger partial charge on any atom is -0.228 e. The summed E-state index contributed by atoms with van der Waals surface area (Å²) < 4.78 is 22.1. The van der Waals surface area contributed by atoms with E-state index in [4.69, 9.17) is 0 Å². The molecule has 0 aromatic rings. The van der Waals surface area contributed by atoms with Crippen molar-refractivity contribution in [2.45, 2.75) is 31.9 Å². The largest absolute Gasteiger partial charge is 0.228 e. The first-order chi connectivity index (χ1) is 4.38. The van der Waals surface area contributed by atoms with Gasteiger partial charge in [0.1, 0.15) is 0 Å². The van der Waals surface area contributed by atoms with Gasteiger partial charge in [0, 0.05) is 0 Å². The van der Waals surface area contributed by atoms with Crippen LogP contribution in [0.25, 0.3) is 0 Å². The average Bonchev–Trinajstić information content (AvgIpc) is 1.94. The monoisotopic (exact) mass is 162 g/mol. The summed E-state index contributed by atoms with van der Waals surface area (Å²) in [7, 11) is -2.77. The molecule has 1 aliphatic rings. The van der Waals surface area contributed by atoms with Crippen molar-refractivity contribution in [2.24, 2.45) is 5.92 Å². The molecular weight excluding hydrogens is 148 g/mol. The van der Waals surface area contributed by atoms with E-state index in [9.17, 15) is 8.42 Å². The number of hydrogen-bond donors (Lipinski definition) is 0. The molecule has 60 valence electrons. The first kappa shape index (κ1) is 8.05. The molecule has 0 radical (unpaired) electrons. The van der Waals surface area contributed by atoms with E-state index in [0.717, 1.165) is 6.42 Å². The molecule has 0 bridgehead atoms. The standard InChI is InChI=1S/C7H14O2S/c1-6-4-5-10(8,9)7(6,2)3/h6H,4-5H2,1-3H3. The molecule has 2 nitrogen and oxygen atoms in total. The quantitative estimate of drug-likeness (QED) is 0.536. The minimum absolute atomic E-state index is 0.317. The average molecular weight is 162 g/mol. The van der Waals surface area contributed by atoms with Crippen LogP contribution in [0.2, 0.25) is 0 Å². The molecule has 1 atom stereocenters. The number of rotatable bonds is 0. The van der Waals surface area contributed by atoms with Crippen LogP contribution in [0.3, 0.4) is 0 Å². The van der Waals surface area contributed by atoms with Crippen LogP contribution in [0.4, 0.5) is 0 Å². The molecule has 1 fully saturated rings. The van der Waals surface area contributed by atoms with Gasteiger partial charge in [-0.05, 0) is 26.2 Å². The van der Waals surface area contributed by atoms with Crippen LogP contribution in [-0.2, 0) is 9.84 Å². The van der Waals surface area contributed by atoms with E-state index >= 15 is 0 Å². The van der Waals surface area contributed by atoms with E-state index in [1.54, 1.807) is 0 Å². The molecule has 3 heteroatoms. The Kier molecular flexibility index (Phi) is 1.59. The third kappa shape index (κ3) is 0.875. The van der Waals surface area contributed by atoms with Gasteiger partial charge < -0.3 is 0 Å². The summed E-state index contributed by atoms with van der Waals surface area (Å²) in [6.07, 6.45) is 0.829. The highest BCUT2D eigenvalue weighted by Crippen LogP contribution is 2.36. The SMILES string of the molecule is CC1CCS(=O)(=O)C1(C)C. The van der Waals surface area contributed by atoms with Gasteiger partial charge in [0.15, 0.2) is 9.84 Å². The van der Waals surface area contributed by atoms with Gasteiger partial charge in [-0.2, -0.15) is 0 Å². The topological polar surface area (TPSA) is 34.1 Å². The molecule has 0 aliphatic carbocycles. The second kappa shape index (κ2) is 1.97. The van der Waals surface area contributed by atoms with Gasteiger partial charge in [-0.1, -0.05) is 6.92 Å². The molecule has 0 saturated carbocycles. The van der Waals surface area contributed by atoms with E-state index < -0.39 is 14.6 Å². The maximum Gasteiger partial charge on any atom is 0.155 e. The molecule has 10 heavy (non-hydrogen) atoms. The summed E-state index contributed by atoms with van der Waals surface area (Å²) in [4.78, 5) is 0. The van der Waals surface area contributed by atoms with E-state index in [0.29, 0.717) is 11.7 Å². The van der Waals surface area contributed by atoms with Crippen molar-refractivity contribution in [3.05, 3.63) is 0 Å². The smallest absolute Gasteiger partial charge is 0.155 e. The fourth-order valence-electron chi connectivity index (χ4n) is 1.25. The highest BCUT2D eigenvalue weighted by molar-refractivity contribution is 7.93. The first-order valence-corrected chi connectivity index (χ1v) is 5.25. The molecular formula is C7H14O2S. The summed E-state index contributed by atoms with van der Waals surface area (Å²) in [5.41, 5.74) is 0. The fourth-order valence-corrected chi connectivity index (χ4v) is 3.17. The Hall–Kier alpha value is -0.0500. The van der Waals surface area contributed by atoms with Crippen molar-refractivity contribution in [1.29, 1.82) is 0 Å². The highest BCUT2D eigenvalue weighted by Gasteiger charge is 2.44. The zero-order valence-electron chi connectivity index (χ0n) is 6.72. The molecule has 1 unspecified atom stereocenters. The lowest BCUT2D eigenvalue weighted by Gasteiger charge is -2.21. The van der Waals surface area contributed by atoms with E-state index in [1.165, 1.54) is 0 Å². The van der Waals surface area contributed by atoms with Gasteiger partial charge in [0.25, 0.3) is 0 Å². The van der Waals surface area contributed by atoms with Crippen LogP contribution in [0.5, 0.6) is 0 Å². The first-order valence-electron chi connectivity index (χ1n) is 3.60. The van der Waals surface area contributed by atoms with Crippen molar-refractivity contribution in [3.8, 4) is 0 Å². The predicted molar refractivity (Wildman–Crippen MR) is 41.6 cm³/mol. The Balaban J connectivity index is 3.08. The lowest BCUT2D eigenvalue weighted by Crippen LogP contribution is -2.31. The van der Waals surface area contributed by atoms with Gasteiger partial charge in [-0.3, -0.25) is 0 Å². The molecule has 1 rings (SSSR count). The fraction of sp³-hybridized carbons (Fsp3) is 1.00. The van der Waals surface area contributed by atoms with Crippen LogP contribution in [-0.4, -0.2) is 18.9 Å². The molecule has 0 N–H and O–H groups in total. The zero-order valence-corrected chi connectivity index (χ0v) is 7.53.